The molecule has 0 aliphatic carbocycles. The van der Waals surface area contributed by atoms with Crippen molar-refractivity contribution in [3.05, 3.63) is 76.4 Å². The molecule has 1 fully saturated rings. The van der Waals surface area contributed by atoms with Gasteiger partial charge in [-0.05, 0) is 43.5 Å². The minimum atomic E-state index is -0.248. The normalized spacial score (nSPS) is 14.7. The van der Waals surface area contributed by atoms with Crippen LogP contribution in [0.2, 0.25) is 5.15 Å². The largest absolute Gasteiger partial charge is 0.460 e. The molecule has 1 aromatic heterocycles. The molecule has 2 aromatic carbocycles. The number of esters is 1. The Hall–Kier alpha value is -2.92. The van der Waals surface area contributed by atoms with Crippen molar-refractivity contribution in [1.82, 2.24) is 9.88 Å². The van der Waals surface area contributed by atoms with Gasteiger partial charge in [-0.1, -0.05) is 48.0 Å². The maximum atomic E-state index is 12.7. The second-order valence-electron chi connectivity index (χ2n) is 7.62. The number of halogens is 1. The van der Waals surface area contributed by atoms with Crippen LogP contribution in [-0.4, -0.2) is 34.8 Å². The van der Waals surface area contributed by atoms with Gasteiger partial charge in [-0.15, -0.1) is 0 Å². The number of para-hydroxylation sites is 1. The van der Waals surface area contributed by atoms with Gasteiger partial charge in [0.25, 0.3) is 5.91 Å². The van der Waals surface area contributed by atoms with E-state index in [1.54, 1.807) is 0 Å². The Kier molecular flexibility index (Phi) is 6.00. The first kappa shape index (κ1) is 20.4. The molecule has 0 bridgehead atoms. The number of hydrogen-bond acceptors (Lipinski definition) is 4. The molecule has 1 saturated heterocycles. The van der Waals surface area contributed by atoms with Crippen LogP contribution in [0, 0.1) is 12.8 Å². The second kappa shape index (κ2) is 8.84. The van der Waals surface area contributed by atoms with Gasteiger partial charge in [0.15, 0.2) is 0 Å². The summed E-state index contributed by atoms with van der Waals surface area (Å²) in [4.78, 5) is 31.5. The number of rotatable bonds is 4. The van der Waals surface area contributed by atoms with Gasteiger partial charge >= 0.3 is 5.97 Å². The highest BCUT2D eigenvalue weighted by Crippen LogP contribution is 2.24. The molecule has 2 heterocycles. The SMILES string of the molecule is Cc1ccccc1C(=O)N1CCC(C(=O)OCc2cc3ccccc3nc2Cl)CC1. The highest BCUT2D eigenvalue weighted by molar-refractivity contribution is 6.30. The number of benzene rings is 2. The molecule has 0 atom stereocenters. The zero-order valence-corrected chi connectivity index (χ0v) is 17.6. The maximum Gasteiger partial charge on any atom is 0.309 e. The molecule has 30 heavy (non-hydrogen) atoms. The highest BCUT2D eigenvalue weighted by atomic mass is 35.5. The van der Waals surface area contributed by atoms with Crippen molar-refractivity contribution in [3.63, 3.8) is 0 Å². The molecule has 0 radical (unpaired) electrons. The summed E-state index contributed by atoms with van der Waals surface area (Å²) in [6.07, 6.45) is 1.19. The third-order valence-electron chi connectivity index (χ3n) is 5.61. The van der Waals surface area contributed by atoms with E-state index < -0.39 is 0 Å². The van der Waals surface area contributed by atoms with E-state index in [1.165, 1.54) is 0 Å². The van der Waals surface area contributed by atoms with Gasteiger partial charge in [0, 0.05) is 29.6 Å². The highest BCUT2D eigenvalue weighted by Gasteiger charge is 2.29. The summed E-state index contributed by atoms with van der Waals surface area (Å²) in [6, 6.07) is 17.2. The molecule has 0 saturated carbocycles. The Labute approximate surface area is 180 Å². The number of hydrogen-bond donors (Lipinski definition) is 0. The first-order valence-corrected chi connectivity index (χ1v) is 10.5. The number of aryl methyl sites for hydroxylation is 1. The molecule has 6 heteroatoms. The van der Waals surface area contributed by atoms with Crippen LogP contribution < -0.4 is 0 Å². The van der Waals surface area contributed by atoms with Crippen LogP contribution in [0.1, 0.15) is 34.3 Å². The van der Waals surface area contributed by atoms with Gasteiger partial charge in [-0.3, -0.25) is 9.59 Å². The lowest BCUT2D eigenvalue weighted by Gasteiger charge is -2.31. The molecule has 1 amide bonds. The van der Waals surface area contributed by atoms with E-state index >= 15 is 0 Å². The summed E-state index contributed by atoms with van der Waals surface area (Å²) in [6.45, 7) is 3.12. The minimum absolute atomic E-state index is 0.0222. The Morgan fingerprint density at radius 3 is 2.57 bits per heavy atom. The number of nitrogens with zero attached hydrogens (tertiary/aromatic N) is 2. The van der Waals surface area contributed by atoms with Crippen LogP contribution in [-0.2, 0) is 16.1 Å². The standard InChI is InChI=1S/C24H23ClN2O3/c1-16-6-2-4-8-20(16)23(28)27-12-10-17(11-13-27)24(29)30-15-19-14-18-7-3-5-9-21(18)26-22(19)25/h2-9,14,17H,10-13,15H2,1H3. The van der Waals surface area contributed by atoms with Crippen molar-refractivity contribution in [1.29, 1.82) is 0 Å². The molecule has 5 nitrogen and oxygen atoms in total. The van der Waals surface area contributed by atoms with Gasteiger partial charge < -0.3 is 9.64 Å². The van der Waals surface area contributed by atoms with Gasteiger partial charge in [-0.2, -0.15) is 0 Å². The first-order valence-electron chi connectivity index (χ1n) is 10.1. The van der Waals surface area contributed by atoms with Crippen molar-refractivity contribution < 1.29 is 14.3 Å². The van der Waals surface area contributed by atoms with Gasteiger partial charge in [0.2, 0.25) is 0 Å². The quantitative estimate of drug-likeness (QED) is 0.448. The Morgan fingerprint density at radius 1 is 1.10 bits per heavy atom. The van der Waals surface area contributed by atoms with Crippen molar-refractivity contribution in [2.45, 2.75) is 26.4 Å². The number of ether oxygens (including phenoxy) is 1. The van der Waals surface area contributed by atoms with E-state index in [4.69, 9.17) is 16.3 Å². The average molecular weight is 423 g/mol. The van der Waals surface area contributed by atoms with E-state index in [0.717, 1.165) is 22.0 Å². The average Bonchev–Trinajstić information content (AvgIpc) is 2.77. The first-order chi connectivity index (χ1) is 14.5. The van der Waals surface area contributed by atoms with E-state index in [-0.39, 0.29) is 24.4 Å². The third-order valence-corrected chi connectivity index (χ3v) is 5.94. The van der Waals surface area contributed by atoms with Gasteiger partial charge in [0.05, 0.1) is 11.4 Å². The number of aromatic nitrogens is 1. The third kappa shape index (κ3) is 4.31. The lowest BCUT2D eigenvalue weighted by atomic mass is 9.96. The summed E-state index contributed by atoms with van der Waals surface area (Å²) < 4.78 is 5.53. The molecule has 0 spiro atoms. The van der Waals surface area contributed by atoms with Gasteiger partial charge in [0.1, 0.15) is 11.8 Å². The molecule has 3 aromatic rings. The second-order valence-corrected chi connectivity index (χ2v) is 7.98. The molecular weight excluding hydrogens is 400 g/mol. The molecule has 1 aliphatic heterocycles. The van der Waals surface area contributed by atoms with Crippen molar-refractivity contribution in [2.24, 2.45) is 5.92 Å². The Balaban J connectivity index is 1.33. The summed E-state index contributed by atoms with van der Waals surface area (Å²) in [5, 5.41) is 1.30. The van der Waals surface area contributed by atoms with E-state index in [0.29, 0.717) is 36.6 Å². The molecule has 4 rings (SSSR count). The van der Waals surface area contributed by atoms with E-state index in [1.807, 2.05) is 66.4 Å². The van der Waals surface area contributed by atoms with Crippen LogP contribution in [0.4, 0.5) is 0 Å². The molecule has 0 unspecified atom stereocenters. The fraction of sp³-hybridized carbons (Fsp3) is 0.292. The van der Waals surface area contributed by atoms with Gasteiger partial charge in [-0.25, -0.2) is 4.98 Å². The zero-order valence-electron chi connectivity index (χ0n) is 16.8. The van der Waals surface area contributed by atoms with Crippen LogP contribution in [0.5, 0.6) is 0 Å². The number of carbonyl (C=O) groups excluding carboxylic acids is 2. The summed E-state index contributed by atoms with van der Waals surface area (Å²) in [5.74, 6) is -0.436. The van der Waals surface area contributed by atoms with Crippen LogP contribution in [0.25, 0.3) is 10.9 Å². The number of likely N-dealkylation sites (tertiary alicyclic amines) is 1. The lowest BCUT2D eigenvalue weighted by molar-refractivity contribution is -0.151. The summed E-state index contributed by atoms with van der Waals surface area (Å²) in [7, 11) is 0. The predicted molar refractivity (Wildman–Crippen MR) is 116 cm³/mol. The number of pyridine rings is 1. The summed E-state index contributed by atoms with van der Waals surface area (Å²) >= 11 is 6.25. The van der Waals surface area contributed by atoms with E-state index in [2.05, 4.69) is 4.98 Å². The lowest BCUT2D eigenvalue weighted by Crippen LogP contribution is -2.40. The molecule has 1 aliphatic rings. The predicted octanol–water partition coefficient (Wildman–Crippen LogP) is 4.79. The monoisotopic (exact) mass is 422 g/mol. The molecule has 154 valence electrons. The topological polar surface area (TPSA) is 59.5 Å². The molecule has 0 N–H and O–H groups in total. The fourth-order valence-electron chi connectivity index (χ4n) is 3.81. The minimum Gasteiger partial charge on any atom is -0.460 e. The number of carbonyl (C=O) groups is 2. The Bertz CT molecular complexity index is 1090. The molecular formula is C24H23ClN2O3. The van der Waals surface area contributed by atoms with Crippen LogP contribution >= 0.6 is 11.6 Å². The summed E-state index contributed by atoms with van der Waals surface area (Å²) in [5.41, 5.74) is 3.18. The van der Waals surface area contributed by atoms with Crippen LogP contribution in [0.3, 0.4) is 0 Å². The fourth-order valence-corrected chi connectivity index (χ4v) is 4.01. The number of piperidine rings is 1. The van der Waals surface area contributed by atoms with Crippen molar-refractivity contribution in [2.75, 3.05) is 13.1 Å². The number of amides is 1. The van der Waals surface area contributed by atoms with E-state index in [9.17, 15) is 9.59 Å². The smallest absolute Gasteiger partial charge is 0.309 e. The van der Waals surface area contributed by atoms with Crippen LogP contribution in [0.15, 0.2) is 54.6 Å². The Morgan fingerprint density at radius 2 is 1.80 bits per heavy atom. The number of fused-ring (bicyclic) bond motifs is 1. The maximum absolute atomic E-state index is 12.7. The van der Waals surface area contributed by atoms with Crippen molar-refractivity contribution >= 4 is 34.4 Å². The van der Waals surface area contributed by atoms with Crippen molar-refractivity contribution in [3.8, 4) is 0 Å². The zero-order chi connectivity index (χ0) is 21.1.